The van der Waals surface area contributed by atoms with Crippen LogP contribution in [0.3, 0.4) is 0 Å². The van der Waals surface area contributed by atoms with Crippen molar-refractivity contribution >= 4 is 35.1 Å². The zero-order chi connectivity index (χ0) is 20.3. The average molecular weight is 376 g/mol. The molecule has 5 N–H and O–H groups in total. The number of carbonyl (C=O) groups is 4. The van der Waals surface area contributed by atoms with Crippen LogP contribution in [0.2, 0.25) is 0 Å². The molecule has 146 valence electrons. The summed E-state index contributed by atoms with van der Waals surface area (Å²) in [7, 11) is 0. The van der Waals surface area contributed by atoms with E-state index < -0.39 is 35.8 Å². The first kappa shape index (κ1) is 20.2. The van der Waals surface area contributed by atoms with Crippen molar-refractivity contribution in [3.8, 4) is 0 Å². The molecule has 9 heteroatoms. The quantitative estimate of drug-likeness (QED) is 0.538. The van der Waals surface area contributed by atoms with Crippen LogP contribution in [-0.2, 0) is 14.4 Å². The zero-order valence-electron chi connectivity index (χ0n) is 15.5. The molecule has 0 aromatic heterocycles. The summed E-state index contributed by atoms with van der Waals surface area (Å²) in [5.41, 5.74) is 6.67. The van der Waals surface area contributed by atoms with Crippen molar-refractivity contribution < 1.29 is 24.3 Å². The number of amides is 3. The minimum Gasteiger partial charge on any atom is -0.481 e. The van der Waals surface area contributed by atoms with Gasteiger partial charge in [0, 0.05) is 11.7 Å². The molecule has 27 heavy (non-hydrogen) atoms. The number of carboxylic acid groups (broad SMARTS) is 1. The first-order chi connectivity index (χ1) is 12.6. The second-order valence-corrected chi connectivity index (χ2v) is 6.98. The van der Waals surface area contributed by atoms with E-state index in [1.807, 2.05) is 0 Å². The topological polar surface area (TPSA) is 142 Å². The first-order valence-electron chi connectivity index (χ1n) is 8.62. The molecule has 0 spiro atoms. The number of carboxylic acids is 1. The van der Waals surface area contributed by atoms with Gasteiger partial charge in [0.2, 0.25) is 11.8 Å². The second kappa shape index (κ2) is 8.07. The molecule has 1 aromatic carbocycles. The van der Waals surface area contributed by atoms with Gasteiger partial charge in [-0.3, -0.25) is 19.2 Å². The molecule has 0 radical (unpaired) electrons. The minimum absolute atomic E-state index is 0.206. The molecule has 0 fully saturated rings. The molecule has 0 saturated carbocycles. The lowest BCUT2D eigenvalue weighted by molar-refractivity contribution is -0.137. The Morgan fingerprint density at radius 2 is 1.96 bits per heavy atom. The lowest BCUT2D eigenvalue weighted by Gasteiger charge is -2.31. The summed E-state index contributed by atoms with van der Waals surface area (Å²) < 4.78 is 0. The van der Waals surface area contributed by atoms with Crippen LogP contribution < -0.4 is 16.4 Å². The molecule has 2 rings (SSSR count). The fourth-order valence-corrected chi connectivity index (χ4v) is 3.10. The molecule has 3 amide bonds. The van der Waals surface area contributed by atoms with Crippen LogP contribution in [0.4, 0.5) is 11.4 Å². The number of benzene rings is 1. The Balaban J connectivity index is 2.31. The molecule has 1 aliphatic heterocycles. The number of fused-ring (bicyclic) bond motifs is 1. The van der Waals surface area contributed by atoms with Crippen LogP contribution in [0.1, 0.15) is 37.6 Å². The summed E-state index contributed by atoms with van der Waals surface area (Å²) in [5, 5.41) is 14.1. The van der Waals surface area contributed by atoms with Crippen molar-refractivity contribution in [3.05, 3.63) is 23.8 Å². The largest absolute Gasteiger partial charge is 0.481 e. The van der Waals surface area contributed by atoms with Crippen LogP contribution in [0.15, 0.2) is 18.2 Å². The monoisotopic (exact) mass is 376 g/mol. The van der Waals surface area contributed by atoms with Gasteiger partial charge in [-0.05, 0) is 31.0 Å². The molecule has 1 unspecified atom stereocenters. The number of rotatable bonds is 6. The van der Waals surface area contributed by atoms with Crippen LogP contribution >= 0.6 is 0 Å². The van der Waals surface area contributed by atoms with Crippen molar-refractivity contribution in [3.63, 3.8) is 0 Å². The third-order valence-corrected chi connectivity index (χ3v) is 4.23. The van der Waals surface area contributed by atoms with Crippen molar-refractivity contribution in [1.82, 2.24) is 10.2 Å². The van der Waals surface area contributed by atoms with Crippen LogP contribution in [0.5, 0.6) is 0 Å². The Bertz CT molecular complexity index is 777. The fourth-order valence-electron chi connectivity index (χ4n) is 3.10. The lowest BCUT2D eigenvalue weighted by Crippen LogP contribution is -2.52. The minimum atomic E-state index is -1.04. The van der Waals surface area contributed by atoms with Crippen LogP contribution in [0, 0.1) is 5.92 Å². The van der Waals surface area contributed by atoms with Crippen LogP contribution in [0.25, 0.3) is 0 Å². The van der Waals surface area contributed by atoms with Gasteiger partial charge in [-0.15, -0.1) is 0 Å². The van der Waals surface area contributed by atoms with E-state index in [2.05, 4.69) is 10.6 Å². The highest BCUT2D eigenvalue weighted by atomic mass is 16.4. The van der Waals surface area contributed by atoms with Gasteiger partial charge in [0.15, 0.2) is 0 Å². The van der Waals surface area contributed by atoms with E-state index in [0.717, 1.165) is 0 Å². The van der Waals surface area contributed by atoms with E-state index in [0.29, 0.717) is 11.4 Å². The fraction of sp³-hybridized carbons (Fsp3) is 0.444. The standard InChI is InChI=1S/C18H24N4O5/c1-9(2)16-17(26)21-13-5-4-11(19)7-12(13)18(27)22(16)8-14(23)20-10(3)6-15(24)25/h4-5,7,9-10,16H,6,8,19H2,1-3H3,(H,20,23)(H,21,26)(H,24,25)/t10?,16-/m0/s1. The van der Waals surface area contributed by atoms with Gasteiger partial charge in [-0.25, -0.2) is 0 Å². The van der Waals surface area contributed by atoms with E-state index in [9.17, 15) is 19.2 Å². The highest BCUT2D eigenvalue weighted by molar-refractivity contribution is 6.11. The Hall–Kier alpha value is -3.10. The molecule has 0 saturated heterocycles. The van der Waals surface area contributed by atoms with Crippen LogP contribution in [-0.4, -0.2) is 52.3 Å². The Kier molecular flexibility index (Phi) is 6.04. The number of hydrogen-bond acceptors (Lipinski definition) is 5. The maximum atomic E-state index is 13.1. The maximum Gasteiger partial charge on any atom is 0.305 e. The average Bonchev–Trinajstić information content (AvgIpc) is 2.62. The Labute approximate surface area is 156 Å². The molecule has 1 aromatic rings. The number of aliphatic carboxylic acids is 1. The molecule has 0 aliphatic carbocycles. The normalized spacial score (nSPS) is 17.8. The molecular weight excluding hydrogens is 352 g/mol. The smallest absolute Gasteiger partial charge is 0.305 e. The molecule has 9 nitrogen and oxygen atoms in total. The van der Waals surface area contributed by atoms with E-state index in [4.69, 9.17) is 10.8 Å². The summed E-state index contributed by atoms with van der Waals surface area (Å²) in [5.74, 6) is -2.71. The van der Waals surface area contributed by atoms with Gasteiger partial charge in [0.25, 0.3) is 5.91 Å². The van der Waals surface area contributed by atoms with Crippen molar-refractivity contribution in [1.29, 1.82) is 0 Å². The van der Waals surface area contributed by atoms with Gasteiger partial charge in [0.05, 0.1) is 17.7 Å². The molecule has 1 heterocycles. The van der Waals surface area contributed by atoms with Crippen molar-refractivity contribution in [2.75, 3.05) is 17.6 Å². The second-order valence-electron chi connectivity index (χ2n) is 6.98. The number of carbonyl (C=O) groups excluding carboxylic acids is 3. The zero-order valence-corrected chi connectivity index (χ0v) is 15.5. The van der Waals surface area contributed by atoms with Gasteiger partial charge < -0.3 is 26.4 Å². The number of nitrogens with one attached hydrogen (secondary N) is 2. The third kappa shape index (κ3) is 4.75. The molecule has 2 atom stereocenters. The Morgan fingerprint density at radius 3 is 2.56 bits per heavy atom. The van der Waals surface area contributed by atoms with E-state index in [-0.39, 0.29) is 24.4 Å². The summed E-state index contributed by atoms with van der Waals surface area (Å²) in [4.78, 5) is 50.0. The summed E-state index contributed by atoms with van der Waals surface area (Å²) >= 11 is 0. The molecule has 0 bridgehead atoms. The molecular formula is C18H24N4O5. The summed E-state index contributed by atoms with van der Waals surface area (Å²) in [6.07, 6.45) is -0.243. The maximum absolute atomic E-state index is 13.1. The number of hydrogen-bond donors (Lipinski definition) is 4. The van der Waals surface area contributed by atoms with Crippen molar-refractivity contribution in [2.45, 2.75) is 39.3 Å². The number of nitrogens with zero attached hydrogens (tertiary/aromatic N) is 1. The van der Waals surface area contributed by atoms with Gasteiger partial charge >= 0.3 is 5.97 Å². The SMILES string of the molecule is CC(CC(=O)O)NC(=O)CN1C(=O)c2cc(N)ccc2NC(=O)[C@@H]1C(C)C. The number of nitrogen functional groups attached to an aromatic ring is 1. The molecule has 1 aliphatic rings. The summed E-state index contributed by atoms with van der Waals surface area (Å²) in [6.45, 7) is 4.74. The predicted molar refractivity (Wildman–Crippen MR) is 99.0 cm³/mol. The number of nitrogens with two attached hydrogens (primary N) is 1. The highest BCUT2D eigenvalue weighted by Gasteiger charge is 2.38. The van der Waals surface area contributed by atoms with E-state index in [1.54, 1.807) is 32.9 Å². The highest BCUT2D eigenvalue weighted by Crippen LogP contribution is 2.27. The number of anilines is 2. The van der Waals surface area contributed by atoms with E-state index in [1.165, 1.54) is 11.0 Å². The van der Waals surface area contributed by atoms with Crippen molar-refractivity contribution in [2.24, 2.45) is 5.92 Å². The lowest BCUT2D eigenvalue weighted by atomic mass is 10.0. The summed E-state index contributed by atoms with van der Waals surface area (Å²) in [6, 6.07) is 3.12. The van der Waals surface area contributed by atoms with Gasteiger partial charge in [-0.1, -0.05) is 13.8 Å². The predicted octanol–water partition coefficient (Wildman–Crippen LogP) is 0.667. The Morgan fingerprint density at radius 1 is 1.30 bits per heavy atom. The first-order valence-corrected chi connectivity index (χ1v) is 8.62. The van der Waals surface area contributed by atoms with E-state index >= 15 is 0 Å². The van der Waals surface area contributed by atoms with Gasteiger partial charge in [-0.2, -0.15) is 0 Å². The third-order valence-electron chi connectivity index (χ3n) is 4.23. The van der Waals surface area contributed by atoms with Gasteiger partial charge in [0.1, 0.15) is 12.6 Å².